The maximum atomic E-state index is 13.6. The van der Waals surface area contributed by atoms with Crippen LogP contribution in [0.15, 0.2) is 87.9 Å². The van der Waals surface area contributed by atoms with Crippen molar-refractivity contribution in [2.24, 2.45) is 0 Å². The number of nitrogens with one attached hydrogen (secondary N) is 1. The number of thioether (sulfide) groups is 1. The molecule has 1 aliphatic rings. The van der Waals surface area contributed by atoms with Crippen LogP contribution in [-0.4, -0.2) is 17.1 Å². The Kier molecular flexibility index (Phi) is 8.19. The third-order valence-electron chi connectivity index (χ3n) is 5.30. The van der Waals surface area contributed by atoms with Gasteiger partial charge in [-0.05, 0) is 60.0 Å². The minimum Gasteiger partial charge on any atom is -0.347 e. The number of rotatable bonds is 6. The molecular formula is C26H18BrCl2N3O2S. The molecule has 0 bridgehead atoms. The van der Waals surface area contributed by atoms with Crippen molar-refractivity contribution in [3.8, 4) is 6.07 Å². The van der Waals surface area contributed by atoms with Crippen molar-refractivity contribution in [2.75, 3.05) is 4.90 Å². The fourth-order valence-corrected chi connectivity index (χ4v) is 5.53. The minimum absolute atomic E-state index is 0.123. The van der Waals surface area contributed by atoms with Gasteiger partial charge in [0, 0.05) is 26.8 Å². The lowest BCUT2D eigenvalue weighted by atomic mass is 10.1. The van der Waals surface area contributed by atoms with E-state index in [0.29, 0.717) is 27.7 Å². The zero-order chi connectivity index (χ0) is 24.9. The van der Waals surface area contributed by atoms with Crippen LogP contribution in [-0.2, 0) is 22.6 Å². The highest BCUT2D eigenvalue weighted by molar-refractivity contribution is 9.10. The van der Waals surface area contributed by atoms with Crippen molar-refractivity contribution in [1.82, 2.24) is 5.32 Å². The van der Waals surface area contributed by atoms with Crippen LogP contribution in [0.3, 0.4) is 0 Å². The summed E-state index contributed by atoms with van der Waals surface area (Å²) < 4.78 is 0.842. The first-order valence-electron chi connectivity index (χ1n) is 10.5. The summed E-state index contributed by atoms with van der Waals surface area (Å²) in [5.74, 6) is -0.790. The summed E-state index contributed by atoms with van der Waals surface area (Å²) in [4.78, 5) is 28.0. The van der Waals surface area contributed by atoms with Crippen molar-refractivity contribution >= 4 is 68.4 Å². The first-order chi connectivity index (χ1) is 16.9. The molecule has 3 aromatic rings. The quantitative estimate of drug-likeness (QED) is 0.264. The zero-order valence-corrected chi connectivity index (χ0v) is 22.1. The number of hydrogen-bond donors (Lipinski definition) is 1. The number of halogens is 3. The summed E-state index contributed by atoms with van der Waals surface area (Å²) in [6.07, 6.45) is 0.295. The van der Waals surface area contributed by atoms with Gasteiger partial charge in [0.25, 0.3) is 5.91 Å². The van der Waals surface area contributed by atoms with Gasteiger partial charge in [0.15, 0.2) is 0 Å². The average Bonchev–Trinajstić information content (AvgIpc) is 3.17. The van der Waals surface area contributed by atoms with Crippen molar-refractivity contribution in [3.63, 3.8) is 0 Å². The molecule has 5 nitrogen and oxygen atoms in total. The lowest BCUT2D eigenvalue weighted by molar-refractivity contribution is -0.117. The van der Waals surface area contributed by atoms with Gasteiger partial charge in [0.05, 0.1) is 5.25 Å². The Morgan fingerprint density at radius 2 is 1.80 bits per heavy atom. The van der Waals surface area contributed by atoms with Crippen LogP contribution < -0.4 is 10.2 Å². The van der Waals surface area contributed by atoms with Gasteiger partial charge in [-0.3, -0.25) is 14.5 Å². The van der Waals surface area contributed by atoms with Crippen LogP contribution in [0.2, 0.25) is 10.0 Å². The molecule has 0 aromatic heterocycles. The summed E-state index contributed by atoms with van der Waals surface area (Å²) >= 11 is 17.1. The Balaban J connectivity index is 1.69. The Morgan fingerprint density at radius 3 is 2.49 bits per heavy atom. The minimum atomic E-state index is -0.588. The van der Waals surface area contributed by atoms with Crippen LogP contribution in [0.25, 0.3) is 0 Å². The van der Waals surface area contributed by atoms with Crippen molar-refractivity contribution in [3.05, 3.63) is 109 Å². The molecule has 1 atom stereocenters. The van der Waals surface area contributed by atoms with Crippen LogP contribution in [0, 0.1) is 11.3 Å². The molecule has 9 heteroatoms. The van der Waals surface area contributed by atoms with E-state index in [0.717, 1.165) is 10.0 Å². The smallest absolute Gasteiger partial charge is 0.264 e. The SMILES string of the molecule is N#CC(C(=O)NCc1ccccc1)=C1SC(Cc2cc(Cl)ccc2Cl)C(=O)N1c1ccc(Br)cc1. The standard InChI is InChI=1S/C26H18BrCl2N3O2S/c27-18-6-9-20(10-7-18)32-25(34)23(13-17-12-19(28)8-11-22(17)29)35-26(32)21(14-30)24(33)31-15-16-4-2-1-3-5-16/h1-12,23H,13,15H2,(H,31,33). The summed E-state index contributed by atoms with van der Waals surface area (Å²) in [7, 11) is 0. The predicted molar refractivity (Wildman–Crippen MR) is 144 cm³/mol. The molecule has 2 amide bonds. The van der Waals surface area contributed by atoms with Crippen LogP contribution in [0.5, 0.6) is 0 Å². The lowest BCUT2D eigenvalue weighted by Crippen LogP contribution is -2.32. The maximum Gasteiger partial charge on any atom is 0.264 e. The second kappa shape index (κ2) is 11.3. The Labute approximate surface area is 225 Å². The fraction of sp³-hybridized carbons (Fsp3) is 0.115. The van der Waals surface area contributed by atoms with Gasteiger partial charge in [-0.25, -0.2) is 0 Å². The number of benzene rings is 3. The van der Waals surface area contributed by atoms with E-state index in [9.17, 15) is 14.9 Å². The summed E-state index contributed by atoms with van der Waals surface area (Å²) in [6.45, 7) is 0.260. The first kappa shape index (κ1) is 25.3. The van der Waals surface area contributed by atoms with Crippen LogP contribution in [0.4, 0.5) is 5.69 Å². The summed E-state index contributed by atoms with van der Waals surface area (Å²) in [5, 5.41) is 13.4. The summed E-state index contributed by atoms with van der Waals surface area (Å²) in [5.41, 5.74) is 2.05. The predicted octanol–water partition coefficient (Wildman–Crippen LogP) is 6.50. The highest BCUT2D eigenvalue weighted by atomic mass is 79.9. The van der Waals surface area contributed by atoms with Crippen molar-refractivity contribution in [1.29, 1.82) is 5.26 Å². The number of carbonyl (C=O) groups excluding carboxylic acids is 2. The van der Waals surface area contributed by atoms with E-state index in [1.165, 1.54) is 16.7 Å². The second-order valence-corrected chi connectivity index (χ2v) is 10.6. The zero-order valence-electron chi connectivity index (χ0n) is 18.2. The molecule has 3 aromatic carbocycles. The Morgan fingerprint density at radius 1 is 1.09 bits per heavy atom. The van der Waals surface area contributed by atoms with E-state index in [1.807, 2.05) is 36.4 Å². The molecule has 1 aliphatic heterocycles. The molecule has 0 spiro atoms. The van der Waals surface area contributed by atoms with Crippen LogP contribution >= 0.6 is 50.9 Å². The topological polar surface area (TPSA) is 73.2 Å². The number of amides is 2. The van der Waals surface area contributed by atoms with Gasteiger partial charge in [0.1, 0.15) is 16.7 Å². The molecule has 1 unspecified atom stereocenters. The first-order valence-corrected chi connectivity index (χ1v) is 13.0. The van der Waals surface area contributed by atoms with E-state index in [2.05, 4.69) is 21.2 Å². The Bertz CT molecular complexity index is 1340. The number of anilines is 1. The number of nitriles is 1. The van der Waals surface area contributed by atoms with Gasteiger partial charge in [0.2, 0.25) is 5.91 Å². The Hall–Kier alpha value is -2.76. The molecule has 176 valence electrons. The maximum absolute atomic E-state index is 13.6. The van der Waals surface area contributed by atoms with Crippen LogP contribution in [0.1, 0.15) is 11.1 Å². The van der Waals surface area contributed by atoms with E-state index < -0.39 is 11.2 Å². The van der Waals surface area contributed by atoms with E-state index >= 15 is 0 Å². The van der Waals surface area contributed by atoms with E-state index in [4.69, 9.17) is 23.2 Å². The molecule has 1 fully saturated rings. The van der Waals surface area contributed by atoms with Crippen molar-refractivity contribution in [2.45, 2.75) is 18.2 Å². The van der Waals surface area contributed by atoms with Crippen molar-refractivity contribution < 1.29 is 9.59 Å². The van der Waals surface area contributed by atoms with Gasteiger partial charge < -0.3 is 5.32 Å². The van der Waals surface area contributed by atoms with Gasteiger partial charge in [-0.15, -0.1) is 0 Å². The second-order valence-electron chi connectivity index (χ2n) is 7.66. The van der Waals surface area contributed by atoms with Gasteiger partial charge >= 0.3 is 0 Å². The molecule has 1 heterocycles. The molecule has 35 heavy (non-hydrogen) atoms. The number of carbonyl (C=O) groups is 2. The van der Waals surface area contributed by atoms with E-state index in [1.54, 1.807) is 42.5 Å². The fourth-order valence-electron chi connectivity index (χ4n) is 3.58. The molecule has 0 radical (unpaired) electrons. The third-order valence-corrected chi connectivity index (χ3v) is 7.69. The average molecular weight is 587 g/mol. The number of nitrogens with zero attached hydrogens (tertiary/aromatic N) is 2. The summed E-state index contributed by atoms with van der Waals surface area (Å²) in [6, 6.07) is 23.6. The molecule has 1 saturated heterocycles. The number of hydrogen-bond acceptors (Lipinski definition) is 4. The highest BCUT2D eigenvalue weighted by Crippen LogP contribution is 2.42. The van der Waals surface area contributed by atoms with E-state index in [-0.39, 0.29) is 23.1 Å². The molecule has 1 N–H and O–H groups in total. The molecule has 0 saturated carbocycles. The largest absolute Gasteiger partial charge is 0.347 e. The monoisotopic (exact) mass is 585 g/mol. The molecule has 4 rings (SSSR count). The highest BCUT2D eigenvalue weighted by Gasteiger charge is 2.41. The normalized spacial score (nSPS) is 16.7. The molecule has 0 aliphatic carbocycles. The van der Waals surface area contributed by atoms with Gasteiger partial charge in [-0.2, -0.15) is 5.26 Å². The lowest BCUT2D eigenvalue weighted by Gasteiger charge is -2.19. The molecular weight excluding hydrogens is 569 g/mol. The third kappa shape index (κ3) is 5.91. The van der Waals surface area contributed by atoms with Gasteiger partial charge in [-0.1, -0.05) is 81.2 Å².